The molecule has 7 N–H and O–H groups in total. The summed E-state index contributed by atoms with van der Waals surface area (Å²) in [6, 6.07) is 1.05. The number of aromatic nitrogens is 2. The fraction of sp³-hybridized carbons (Fsp3) is 0.500. The van der Waals surface area contributed by atoms with E-state index in [0.29, 0.717) is 6.21 Å². The van der Waals surface area contributed by atoms with Gasteiger partial charge < -0.3 is 25.5 Å². The molecule has 0 radical (unpaired) electrons. The maximum absolute atomic E-state index is 11.5. The van der Waals surface area contributed by atoms with Crippen molar-refractivity contribution < 1.29 is 30.3 Å². The number of nitrogens with zero attached hydrogens (tertiary/aromatic N) is 2. The average molecular weight is 346 g/mol. The molecule has 0 saturated heterocycles. The highest BCUT2D eigenvalue weighted by Crippen LogP contribution is 2.03. The summed E-state index contributed by atoms with van der Waals surface area (Å²) in [6.07, 6.45) is -5.29. The number of amides is 1. The lowest BCUT2D eigenvalue weighted by Gasteiger charge is -2.23. The van der Waals surface area contributed by atoms with Gasteiger partial charge in [-0.1, -0.05) is 0 Å². The van der Waals surface area contributed by atoms with Crippen molar-refractivity contribution in [3.05, 3.63) is 33.1 Å². The number of carbonyl (C=O) groups excluding carboxylic acids is 1. The molecule has 0 bridgehead atoms. The van der Waals surface area contributed by atoms with Crippen LogP contribution in [0.25, 0.3) is 0 Å². The van der Waals surface area contributed by atoms with Gasteiger partial charge in [-0.25, -0.2) is 10.2 Å². The highest BCUT2D eigenvalue weighted by molar-refractivity contribution is 5.77. The Kier molecular flexibility index (Phi) is 7.41. The van der Waals surface area contributed by atoms with Crippen LogP contribution in [0.2, 0.25) is 0 Å². The molecule has 0 unspecified atom stereocenters. The third-order valence-corrected chi connectivity index (χ3v) is 2.91. The molecule has 0 aliphatic heterocycles. The number of nitrogens with one attached hydrogen (secondary N) is 2. The summed E-state index contributed by atoms with van der Waals surface area (Å²) < 4.78 is 0.902. The van der Waals surface area contributed by atoms with Crippen LogP contribution in [-0.2, 0) is 11.3 Å². The van der Waals surface area contributed by atoms with Gasteiger partial charge in [-0.15, -0.1) is 0 Å². The zero-order valence-corrected chi connectivity index (χ0v) is 12.3. The molecule has 1 amide bonds. The molecule has 0 saturated carbocycles. The highest BCUT2D eigenvalue weighted by Gasteiger charge is 2.29. The molecule has 0 spiro atoms. The van der Waals surface area contributed by atoms with Crippen LogP contribution in [-0.4, -0.2) is 78.2 Å². The summed E-state index contributed by atoms with van der Waals surface area (Å²) in [5, 5.41) is 49.5. The third kappa shape index (κ3) is 5.68. The second kappa shape index (κ2) is 9.05. The Balaban J connectivity index is 2.55. The number of hydrogen-bond donors (Lipinski definition) is 7. The Bertz CT molecular complexity index is 684. The lowest BCUT2D eigenvalue weighted by atomic mass is 10.0. The topological polar surface area (TPSA) is 197 Å². The smallest absolute Gasteiger partial charge is 0.328 e. The molecule has 1 heterocycles. The van der Waals surface area contributed by atoms with Crippen molar-refractivity contribution in [2.24, 2.45) is 5.10 Å². The van der Waals surface area contributed by atoms with Gasteiger partial charge in [0.2, 0.25) is 0 Å². The molecule has 1 aromatic heterocycles. The van der Waals surface area contributed by atoms with E-state index in [1.54, 1.807) is 0 Å². The first-order valence-electron chi connectivity index (χ1n) is 6.71. The number of aromatic amines is 1. The van der Waals surface area contributed by atoms with Crippen molar-refractivity contribution in [3.63, 3.8) is 0 Å². The summed E-state index contributed by atoms with van der Waals surface area (Å²) in [5.74, 6) is -0.766. The predicted molar refractivity (Wildman–Crippen MR) is 79.1 cm³/mol. The van der Waals surface area contributed by atoms with Gasteiger partial charge in [0.15, 0.2) is 0 Å². The van der Waals surface area contributed by atoms with Gasteiger partial charge in [0.25, 0.3) is 11.5 Å². The van der Waals surface area contributed by atoms with Crippen molar-refractivity contribution >= 4 is 12.1 Å². The van der Waals surface area contributed by atoms with Crippen LogP contribution in [0.4, 0.5) is 0 Å². The number of hydrazone groups is 1. The fourth-order valence-corrected chi connectivity index (χ4v) is 1.57. The molecule has 0 fully saturated rings. The maximum Gasteiger partial charge on any atom is 0.328 e. The molecule has 12 heteroatoms. The Morgan fingerprint density at radius 3 is 2.54 bits per heavy atom. The van der Waals surface area contributed by atoms with Crippen LogP contribution in [0.5, 0.6) is 0 Å². The Labute approximate surface area is 134 Å². The molecule has 4 atom stereocenters. The number of aliphatic hydroxyl groups is 5. The second-order valence-corrected chi connectivity index (χ2v) is 4.77. The summed E-state index contributed by atoms with van der Waals surface area (Å²) >= 11 is 0. The van der Waals surface area contributed by atoms with Gasteiger partial charge in [-0.3, -0.25) is 19.1 Å². The fourth-order valence-electron chi connectivity index (χ4n) is 1.57. The molecule has 0 aliphatic rings. The van der Waals surface area contributed by atoms with E-state index in [2.05, 4.69) is 5.10 Å². The van der Waals surface area contributed by atoms with Crippen molar-refractivity contribution in [1.82, 2.24) is 15.0 Å². The second-order valence-electron chi connectivity index (χ2n) is 4.77. The van der Waals surface area contributed by atoms with Gasteiger partial charge in [0.1, 0.15) is 31.0 Å². The number of hydrogen-bond acceptors (Lipinski definition) is 9. The maximum atomic E-state index is 11.5. The summed E-state index contributed by atoms with van der Waals surface area (Å²) in [7, 11) is 0. The predicted octanol–water partition coefficient (Wildman–Crippen LogP) is -4.93. The lowest BCUT2D eigenvalue weighted by molar-refractivity contribution is -0.121. The third-order valence-electron chi connectivity index (χ3n) is 2.91. The van der Waals surface area contributed by atoms with Crippen LogP contribution in [0.3, 0.4) is 0 Å². The van der Waals surface area contributed by atoms with E-state index < -0.39 is 54.7 Å². The number of carbonyl (C=O) groups is 1. The zero-order chi connectivity index (χ0) is 18.3. The van der Waals surface area contributed by atoms with Gasteiger partial charge in [0, 0.05) is 12.3 Å². The van der Waals surface area contributed by atoms with E-state index in [0.717, 1.165) is 16.8 Å². The number of H-pyrrole nitrogens is 1. The number of rotatable bonds is 8. The van der Waals surface area contributed by atoms with E-state index >= 15 is 0 Å². The average Bonchev–Trinajstić information content (AvgIpc) is 2.55. The summed E-state index contributed by atoms with van der Waals surface area (Å²) in [6.45, 7) is -1.29. The largest absolute Gasteiger partial charge is 0.394 e. The normalized spacial score (nSPS) is 16.5. The molecule has 1 aromatic rings. The molecular formula is C12H18N4O8. The van der Waals surface area contributed by atoms with E-state index in [-0.39, 0.29) is 0 Å². The zero-order valence-electron chi connectivity index (χ0n) is 12.3. The molecule has 0 aliphatic carbocycles. The van der Waals surface area contributed by atoms with E-state index in [1.807, 2.05) is 10.4 Å². The van der Waals surface area contributed by atoms with Crippen molar-refractivity contribution in [2.45, 2.75) is 31.0 Å². The van der Waals surface area contributed by atoms with Crippen molar-refractivity contribution in [1.29, 1.82) is 0 Å². The van der Waals surface area contributed by atoms with Gasteiger partial charge in [-0.05, 0) is 0 Å². The Morgan fingerprint density at radius 2 is 1.96 bits per heavy atom. The van der Waals surface area contributed by atoms with Crippen LogP contribution < -0.4 is 16.7 Å². The SMILES string of the molecule is O=C(Cn1ccc(=O)[nH]c1=O)N/N=C/[C@H](O)[C@@H](O)[C@H](O)[C@H](O)CO. The monoisotopic (exact) mass is 346 g/mol. The van der Waals surface area contributed by atoms with E-state index in [4.69, 9.17) is 10.2 Å². The standard InChI is InChI=1S/C12H18N4O8/c17-5-7(19)11(23)10(22)6(18)3-13-15-9(21)4-16-2-1-8(20)14-12(16)24/h1-3,6-7,10-11,17-19,22-23H,4-5H2,(H,15,21)(H,14,20,24)/b13-3+/t6-,7+,10+,11+/m0/s1. The molecule has 12 nitrogen and oxygen atoms in total. The van der Waals surface area contributed by atoms with Crippen molar-refractivity contribution in [3.8, 4) is 0 Å². The van der Waals surface area contributed by atoms with Crippen LogP contribution in [0.15, 0.2) is 27.0 Å². The summed E-state index contributed by atoms with van der Waals surface area (Å²) in [4.78, 5) is 35.7. The minimum atomic E-state index is -1.85. The van der Waals surface area contributed by atoms with Crippen LogP contribution in [0.1, 0.15) is 0 Å². The minimum Gasteiger partial charge on any atom is -0.394 e. The van der Waals surface area contributed by atoms with Gasteiger partial charge in [0.05, 0.1) is 12.8 Å². The first-order chi connectivity index (χ1) is 11.3. The lowest BCUT2D eigenvalue weighted by Crippen LogP contribution is -2.46. The molecule has 134 valence electrons. The first-order valence-corrected chi connectivity index (χ1v) is 6.71. The van der Waals surface area contributed by atoms with Gasteiger partial charge >= 0.3 is 5.69 Å². The number of aliphatic hydroxyl groups excluding tert-OH is 5. The summed E-state index contributed by atoms with van der Waals surface area (Å²) in [5.41, 5.74) is 0.546. The van der Waals surface area contributed by atoms with Gasteiger partial charge in [-0.2, -0.15) is 5.10 Å². The molecule has 1 rings (SSSR count). The van der Waals surface area contributed by atoms with Crippen molar-refractivity contribution in [2.75, 3.05) is 6.61 Å². The van der Waals surface area contributed by atoms with E-state index in [1.165, 1.54) is 0 Å². The van der Waals surface area contributed by atoms with Crippen LogP contribution >= 0.6 is 0 Å². The first kappa shape index (κ1) is 19.7. The minimum absolute atomic E-state index is 0.461. The quantitative estimate of drug-likeness (QED) is 0.179. The molecular weight excluding hydrogens is 328 g/mol. The van der Waals surface area contributed by atoms with Crippen LogP contribution in [0, 0.1) is 0 Å². The highest BCUT2D eigenvalue weighted by atomic mass is 16.4. The Morgan fingerprint density at radius 1 is 1.29 bits per heavy atom. The van der Waals surface area contributed by atoms with E-state index in [9.17, 15) is 29.7 Å². The Hall–Kier alpha value is -2.38. The molecule has 24 heavy (non-hydrogen) atoms. The molecule has 0 aromatic carbocycles.